The molecule has 2 N–H and O–H groups in total. The fraction of sp³-hybridized carbons (Fsp3) is 0.267. The minimum absolute atomic E-state index is 0.407. The highest BCUT2D eigenvalue weighted by molar-refractivity contribution is 5.29. The van der Waals surface area contributed by atoms with E-state index in [9.17, 15) is 0 Å². The molecular weight excluding hydrogens is 238 g/mol. The third-order valence-electron chi connectivity index (χ3n) is 3.23. The number of nitrogens with zero attached hydrogens (tertiary/aromatic N) is 1. The summed E-state index contributed by atoms with van der Waals surface area (Å²) in [5.41, 5.74) is 8.62. The number of pyridine rings is 1. The molecule has 1 aliphatic heterocycles. The average molecular weight is 255 g/mol. The van der Waals surface area contributed by atoms with Crippen molar-refractivity contribution in [2.24, 2.45) is 0 Å². The molecule has 1 fully saturated rings. The second-order valence-electron chi connectivity index (χ2n) is 4.59. The van der Waals surface area contributed by atoms with Gasteiger partial charge in [-0.2, -0.15) is 0 Å². The lowest BCUT2D eigenvalue weighted by Gasteiger charge is -2.11. The van der Waals surface area contributed by atoms with Crippen molar-refractivity contribution in [3.63, 3.8) is 0 Å². The summed E-state index contributed by atoms with van der Waals surface area (Å²) in [5, 5.41) is 0. The van der Waals surface area contributed by atoms with Crippen LogP contribution in [0.1, 0.15) is 23.7 Å². The fourth-order valence-electron chi connectivity index (χ4n) is 2.17. The van der Waals surface area contributed by atoms with Crippen molar-refractivity contribution in [3.05, 3.63) is 59.9 Å². The molecule has 1 saturated heterocycles. The van der Waals surface area contributed by atoms with E-state index >= 15 is 0 Å². The maximum Gasteiger partial charge on any atom is 0.130 e. The molecule has 19 heavy (non-hydrogen) atoms. The van der Waals surface area contributed by atoms with Crippen LogP contribution in [0, 0.1) is 0 Å². The van der Waals surface area contributed by atoms with E-state index in [0.29, 0.717) is 12.6 Å². The Bertz CT molecular complexity index is 507. The van der Waals surface area contributed by atoms with Gasteiger partial charge in [0, 0.05) is 18.8 Å². The maximum atomic E-state index is 5.71. The van der Waals surface area contributed by atoms with Crippen molar-refractivity contribution in [2.45, 2.75) is 19.1 Å². The quantitative estimate of drug-likeness (QED) is 0.879. The average Bonchev–Trinajstić information content (AvgIpc) is 3.01. The second kappa shape index (κ2) is 5.82. The Morgan fingerprint density at radius 2 is 2.05 bits per heavy atom. The number of nitrogens with one attached hydrogen (secondary N) is 2. The van der Waals surface area contributed by atoms with Gasteiger partial charge in [-0.15, -0.1) is 0 Å². The van der Waals surface area contributed by atoms with Crippen LogP contribution in [0.4, 0.5) is 0 Å². The normalized spacial score (nSPS) is 18.4. The predicted molar refractivity (Wildman–Crippen MR) is 73.5 cm³/mol. The molecule has 0 bridgehead atoms. The first kappa shape index (κ1) is 12.1. The third kappa shape index (κ3) is 3.10. The van der Waals surface area contributed by atoms with Gasteiger partial charge in [0.15, 0.2) is 0 Å². The summed E-state index contributed by atoms with van der Waals surface area (Å²) in [6, 6.07) is 14.5. The van der Waals surface area contributed by atoms with Crippen LogP contribution < -0.4 is 15.6 Å². The molecule has 98 valence electrons. The Hall–Kier alpha value is -1.91. The van der Waals surface area contributed by atoms with Gasteiger partial charge in [-0.3, -0.25) is 15.8 Å². The Morgan fingerprint density at radius 1 is 1.16 bits per heavy atom. The number of hydrogen-bond acceptors (Lipinski definition) is 4. The van der Waals surface area contributed by atoms with Crippen molar-refractivity contribution < 1.29 is 4.74 Å². The van der Waals surface area contributed by atoms with Gasteiger partial charge < -0.3 is 4.74 Å². The molecule has 2 aromatic rings. The van der Waals surface area contributed by atoms with Crippen molar-refractivity contribution in [2.75, 3.05) is 6.54 Å². The molecule has 1 aromatic carbocycles. The van der Waals surface area contributed by atoms with Gasteiger partial charge in [-0.25, -0.2) is 0 Å². The van der Waals surface area contributed by atoms with E-state index < -0.39 is 0 Å². The standard InChI is InChI=1S/C15H17N3O/c1-2-9-16-13(3-1)11-19-14-6-4-12(5-7-14)15-8-10-17-18-15/h1-7,9,15,17-18H,8,10-11H2. The van der Waals surface area contributed by atoms with Crippen LogP contribution in [0.25, 0.3) is 0 Å². The van der Waals surface area contributed by atoms with E-state index in [1.165, 1.54) is 5.56 Å². The van der Waals surface area contributed by atoms with Gasteiger partial charge in [0.2, 0.25) is 0 Å². The number of ether oxygens (including phenoxy) is 1. The molecule has 3 rings (SSSR count). The summed E-state index contributed by atoms with van der Waals surface area (Å²) in [5.74, 6) is 0.875. The molecule has 4 heteroatoms. The molecule has 0 aliphatic carbocycles. The molecule has 1 aromatic heterocycles. The van der Waals surface area contributed by atoms with E-state index in [1.807, 2.05) is 30.3 Å². The predicted octanol–water partition coefficient (Wildman–Crippen LogP) is 2.20. The first-order chi connectivity index (χ1) is 9.42. The van der Waals surface area contributed by atoms with Gasteiger partial charge in [-0.05, 0) is 36.2 Å². The lowest BCUT2D eigenvalue weighted by Crippen LogP contribution is -2.24. The summed E-state index contributed by atoms with van der Waals surface area (Å²) >= 11 is 0. The zero-order valence-corrected chi connectivity index (χ0v) is 10.7. The van der Waals surface area contributed by atoms with Crippen molar-refractivity contribution >= 4 is 0 Å². The molecule has 0 spiro atoms. The van der Waals surface area contributed by atoms with Crippen LogP contribution in [-0.4, -0.2) is 11.5 Å². The lowest BCUT2D eigenvalue weighted by atomic mass is 10.1. The van der Waals surface area contributed by atoms with Crippen LogP contribution in [0.2, 0.25) is 0 Å². The Balaban J connectivity index is 1.60. The second-order valence-corrected chi connectivity index (χ2v) is 4.59. The minimum atomic E-state index is 0.407. The van der Waals surface area contributed by atoms with Gasteiger partial charge >= 0.3 is 0 Å². The van der Waals surface area contributed by atoms with Crippen LogP contribution in [-0.2, 0) is 6.61 Å². The number of aromatic nitrogens is 1. The molecule has 4 nitrogen and oxygen atoms in total. The molecule has 0 radical (unpaired) electrons. The zero-order chi connectivity index (χ0) is 12.9. The van der Waals surface area contributed by atoms with Crippen LogP contribution in [0.3, 0.4) is 0 Å². The molecule has 2 heterocycles. The van der Waals surface area contributed by atoms with Crippen molar-refractivity contribution in [3.8, 4) is 5.75 Å². The molecule has 0 saturated carbocycles. The van der Waals surface area contributed by atoms with Crippen molar-refractivity contribution in [1.82, 2.24) is 15.8 Å². The van der Waals surface area contributed by atoms with E-state index in [4.69, 9.17) is 4.74 Å². The van der Waals surface area contributed by atoms with Crippen LogP contribution in [0.5, 0.6) is 5.75 Å². The van der Waals surface area contributed by atoms with Crippen LogP contribution >= 0.6 is 0 Å². The van der Waals surface area contributed by atoms with Gasteiger partial charge in [0.25, 0.3) is 0 Å². The van der Waals surface area contributed by atoms with Gasteiger partial charge in [0.05, 0.1) is 5.69 Å². The highest BCUT2D eigenvalue weighted by Gasteiger charge is 2.15. The number of rotatable bonds is 4. The zero-order valence-electron chi connectivity index (χ0n) is 10.7. The monoisotopic (exact) mass is 255 g/mol. The molecule has 0 amide bonds. The van der Waals surface area contributed by atoms with Crippen molar-refractivity contribution in [1.29, 1.82) is 0 Å². The van der Waals surface area contributed by atoms with E-state index in [1.54, 1.807) is 6.20 Å². The van der Waals surface area contributed by atoms with E-state index in [2.05, 4.69) is 28.0 Å². The minimum Gasteiger partial charge on any atom is -0.487 e. The fourth-order valence-corrected chi connectivity index (χ4v) is 2.17. The molecule has 1 atom stereocenters. The smallest absolute Gasteiger partial charge is 0.130 e. The number of benzene rings is 1. The Morgan fingerprint density at radius 3 is 2.74 bits per heavy atom. The first-order valence-electron chi connectivity index (χ1n) is 6.53. The highest BCUT2D eigenvalue weighted by Crippen LogP contribution is 2.21. The van der Waals surface area contributed by atoms with E-state index in [0.717, 1.165) is 24.4 Å². The Kier molecular flexibility index (Phi) is 3.72. The summed E-state index contributed by atoms with van der Waals surface area (Å²) in [6.45, 7) is 1.52. The lowest BCUT2D eigenvalue weighted by molar-refractivity contribution is 0.301. The summed E-state index contributed by atoms with van der Waals surface area (Å²) in [4.78, 5) is 4.23. The largest absolute Gasteiger partial charge is 0.487 e. The summed E-state index contributed by atoms with van der Waals surface area (Å²) < 4.78 is 5.71. The van der Waals surface area contributed by atoms with E-state index in [-0.39, 0.29) is 0 Å². The number of hydrazine groups is 1. The summed E-state index contributed by atoms with van der Waals surface area (Å²) in [6.07, 6.45) is 2.90. The maximum absolute atomic E-state index is 5.71. The molecule has 1 aliphatic rings. The Labute approximate surface area is 112 Å². The van der Waals surface area contributed by atoms with Gasteiger partial charge in [-0.1, -0.05) is 18.2 Å². The summed E-state index contributed by atoms with van der Waals surface area (Å²) in [7, 11) is 0. The molecular formula is C15H17N3O. The topological polar surface area (TPSA) is 46.2 Å². The number of hydrogen-bond donors (Lipinski definition) is 2. The SMILES string of the molecule is c1ccc(COc2ccc(C3CCNN3)cc2)nc1. The van der Waals surface area contributed by atoms with Gasteiger partial charge in [0.1, 0.15) is 12.4 Å². The molecule has 1 unspecified atom stereocenters. The third-order valence-corrected chi connectivity index (χ3v) is 3.23. The van der Waals surface area contributed by atoms with Crippen LogP contribution in [0.15, 0.2) is 48.7 Å². The first-order valence-corrected chi connectivity index (χ1v) is 6.53. The highest BCUT2D eigenvalue weighted by atomic mass is 16.5.